The fourth-order valence-electron chi connectivity index (χ4n) is 2.96. The van der Waals surface area contributed by atoms with Gasteiger partial charge in [-0.2, -0.15) is 4.98 Å². The van der Waals surface area contributed by atoms with Crippen LogP contribution in [-0.4, -0.2) is 28.0 Å². The highest BCUT2D eigenvalue weighted by Crippen LogP contribution is 2.23. The SMILES string of the molecule is Cc1ccc(Nc2ncc(C(N)=O)c(N[C@H]3CC[C@H](N)CC3)n2)cc1. The number of anilines is 3. The van der Waals surface area contributed by atoms with E-state index in [1.54, 1.807) is 0 Å². The summed E-state index contributed by atoms with van der Waals surface area (Å²) in [5, 5.41) is 6.49. The van der Waals surface area contributed by atoms with Gasteiger partial charge in [-0.25, -0.2) is 4.98 Å². The number of nitrogens with zero attached hydrogens (tertiary/aromatic N) is 2. The number of aryl methyl sites for hydroxylation is 1. The lowest BCUT2D eigenvalue weighted by molar-refractivity contribution is 0.100. The molecule has 1 aromatic carbocycles. The van der Waals surface area contributed by atoms with Crippen molar-refractivity contribution in [2.45, 2.75) is 44.7 Å². The summed E-state index contributed by atoms with van der Waals surface area (Å²) >= 11 is 0. The zero-order chi connectivity index (χ0) is 17.8. The number of hydrogen-bond donors (Lipinski definition) is 4. The molecule has 1 aliphatic carbocycles. The highest BCUT2D eigenvalue weighted by atomic mass is 16.1. The predicted octanol–water partition coefficient (Wildman–Crippen LogP) is 2.31. The summed E-state index contributed by atoms with van der Waals surface area (Å²) in [6, 6.07) is 8.42. The zero-order valence-corrected chi connectivity index (χ0v) is 14.3. The summed E-state index contributed by atoms with van der Waals surface area (Å²) in [5.74, 6) is 0.346. The minimum Gasteiger partial charge on any atom is -0.367 e. The van der Waals surface area contributed by atoms with Crippen molar-refractivity contribution in [1.82, 2.24) is 9.97 Å². The van der Waals surface area contributed by atoms with Crippen LogP contribution in [0.1, 0.15) is 41.6 Å². The third kappa shape index (κ3) is 4.45. The van der Waals surface area contributed by atoms with Gasteiger partial charge in [-0.3, -0.25) is 4.79 Å². The Kier molecular flexibility index (Phi) is 5.14. The van der Waals surface area contributed by atoms with Gasteiger partial charge in [-0.1, -0.05) is 17.7 Å². The van der Waals surface area contributed by atoms with Crippen molar-refractivity contribution in [3.63, 3.8) is 0 Å². The lowest BCUT2D eigenvalue weighted by Crippen LogP contribution is -2.33. The van der Waals surface area contributed by atoms with Crippen molar-refractivity contribution in [1.29, 1.82) is 0 Å². The standard InChI is InChI=1S/C18H24N6O/c1-11-2-6-14(7-3-11)23-18-21-10-15(16(20)25)17(24-18)22-13-8-4-12(19)5-9-13/h2-3,6-7,10,12-13H,4-5,8-9,19H2,1H3,(H2,20,25)(H2,21,22,23,24)/t12-,13-. The van der Waals surface area contributed by atoms with Crippen molar-refractivity contribution in [3.05, 3.63) is 41.6 Å². The third-order valence-corrected chi connectivity index (χ3v) is 4.47. The van der Waals surface area contributed by atoms with E-state index >= 15 is 0 Å². The quantitative estimate of drug-likeness (QED) is 0.663. The van der Waals surface area contributed by atoms with Crippen molar-refractivity contribution >= 4 is 23.4 Å². The fraction of sp³-hybridized carbons (Fsp3) is 0.389. The molecular weight excluding hydrogens is 316 g/mol. The molecule has 132 valence electrons. The smallest absolute Gasteiger partial charge is 0.254 e. The Hall–Kier alpha value is -2.67. The van der Waals surface area contributed by atoms with Gasteiger partial charge in [0, 0.05) is 24.0 Å². The molecule has 1 fully saturated rings. The Balaban J connectivity index is 1.79. The molecule has 1 saturated carbocycles. The van der Waals surface area contributed by atoms with Gasteiger partial charge in [0.1, 0.15) is 5.82 Å². The molecule has 7 nitrogen and oxygen atoms in total. The second-order valence-electron chi connectivity index (χ2n) is 6.57. The number of benzene rings is 1. The molecule has 1 aromatic heterocycles. The minimum absolute atomic E-state index is 0.236. The lowest BCUT2D eigenvalue weighted by Gasteiger charge is -2.27. The number of nitrogens with one attached hydrogen (secondary N) is 2. The molecule has 3 rings (SSSR count). The van der Waals surface area contributed by atoms with Crippen LogP contribution in [0, 0.1) is 6.92 Å². The minimum atomic E-state index is -0.545. The van der Waals surface area contributed by atoms with Crippen molar-refractivity contribution < 1.29 is 4.79 Å². The lowest BCUT2D eigenvalue weighted by atomic mass is 9.92. The van der Waals surface area contributed by atoms with Gasteiger partial charge in [-0.05, 0) is 44.7 Å². The molecule has 0 atom stereocenters. The number of carbonyl (C=O) groups is 1. The number of hydrogen-bond acceptors (Lipinski definition) is 6. The Morgan fingerprint density at radius 3 is 2.48 bits per heavy atom. The number of aromatic nitrogens is 2. The molecule has 1 amide bonds. The van der Waals surface area contributed by atoms with Crippen LogP contribution in [0.2, 0.25) is 0 Å². The van der Waals surface area contributed by atoms with Crippen LogP contribution >= 0.6 is 0 Å². The summed E-state index contributed by atoms with van der Waals surface area (Å²) in [5.41, 5.74) is 13.8. The van der Waals surface area contributed by atoms with E-state index in [1.165, 1.54) is 11.8 Å². The second-order valence-corrected chi connectivity index (χ2v) is 6.57. The second kappa shape index (κ2) is 7.48. The molecule has 25 heavy (non-hydrogen) atoms. The molecule has 1 aliphatic rings. The van der Waals surface area contributed by atoms with Crippen LogP contribution in [0.3, 0.4) is 0 Å². The predicted molar refractivity (Wildman–Crippen MR) is 98.9 cm³/mol. The fourth-order valence-corrected chi connectivity index (χ4v) is 2.96. The number of carbonyl (C=O) groups excluding carboxylic acids is 1. The first-order chi connectivity index (χ1) is 12.0. The summed E-state index contributed by atoms with van der Waals surface area (Å²) in [6.07, 6.45) is 5.28. The summed E-state index contributed by atoms with van der Waals surface area (Å²) in [6.45, 7) is 2.03. The van der Waals surface area contributed by atoms with Crippen LogP contribution in [0.5, 0.6) is 0 Å². The number of rotatable bonds is 5. The molecular formula is C18H24N6O. The highest BCUT2D eigenvalue weighted by Gasteiger charge is 2.21. The first-order valence-electron chi connectivity index (χ1n) is 8.54. The van der Waals surface area contributed by atoms with E-state index in [0.717, 1.165) is 31.4 Å². The summed E-state index contributed by atoms with van der Waals surface area (Å²) < 4.78 is 0. The topological polar surface area (TPSA) is 119 Å². The molecule has 6 N–H and O–H groups in total. The molecule has 0 saturated heterocycles. The van der Waals surface area contributed by atoms with E-state index in [9.17, 15) is 4.79 Å². The summed E-state index contributed by atoms with van der Waals surface area (Å²) in [7, 11) is 0. The third-order valence-electron chi connectivity index (χ3n) is 4.47. The van der Waals surface area contributed by atoms with E-state index in [1.807, 2.05) is 31.2 Å². The van der Waals surface area contributed by atoms with Crippen LogP contribution in [0.25, 0.3) is 0 Å². The van der Waals surface area contributed by atoms with E-state index < -0.39 is 5.91 Å². The average molecular weight is 340 g/mol. The molecule has 0 bridgehead atoms. The number of amides is 1. The number of nitrogens with two attached hydrogens (primary N) is 2. The Morgan fingerprint density at radius 2 is 1.84 bits per heavy atom. The van der Waals surface area contributed by atoms with Crippen LogP contribution < -0.4 is 22.1 Å². The van der Waals surface area contributed by atoms with Crippen LogP contribution in [0.4, 0.5) is 17.5 Å². The van der Waals surface area contributed by atoms with Crippen molar-refractivity contribution in [3.8, 4) is 0 Å². The highest BCUT2D eigenvalue weighted by molar-refractivity contribution is 5.97. The molecule has 0 radical (unpaired) electrons. The van der Waals surface area contributed by atoms with E-state index in [0.29, 0.717) is 17.3 Å². The number of primary amides is 1. The molecule has 0 aliphatic heterocycles. The summed E-state index contributed by atoms with van der Waals surface area (Å²) in [4.78, 5) is 20.3. The Labute approximate surface area is 147 Å². The van der Waals surface area contributed by atoms with E-state index in [4.69, 9.17) is 11.5 Å². The average Bonchev–Trinajstić information content (AvgIpc) is 2.59. The Bertz CT molecular complexity index is 738. The maximum atomic E-state index is 11.7. The monoisotopic (exact) mass is 340 g/mol. The molecule has 7 heteroatoms. The van der Waals surface area contributed by atoms with E-state index in [2.05, 4.69) is 20.6 Å². The van der Waals surface area contributed by atoms with Crippen molar-refractivity contribution in [2.75, 3.05) is 10.6 Å². The molecule has 2 aromatic rings. The van der Waals surface area contributed by atoms with Gasteiger partial charge in [0.25, 0.3) is 5.91 Å². The Morgan fingerprint density at radius 1 is 1.16 bits per heavy atom. The van der Waals surface area contributed by atoms with Gasteiger partial charge < -0.3 is 22.1 Å². The zero-order valence-electron chi connectivity index (χ0n) is 14.3. The van der Waals surface area contributed by atoms with Gasteiger partial charge in [0.2, 0.25) is 5.95 Å². The van der Waals surface area contributed by atoms with Crippen LogP contribution in [0.15, 0.2) is 30.5 Å². The normalized spacial score (nSPS) is 20.1. The molecule has 0 spiro atoms. The maximum absolute atomic E-state index is 11.7. The van der Waals surface area contributed by atoms with Gasteiger partial charge in [0.15, 0.2) is 0 Å². The molecule has 0 unspecified atom stereocenters. The van der Waals surface area contributed by atoms with Gasteiger partial charge in [-0.15, -0.1) is 0 Å². The van der Waals surface area contributed by atoms with Gasteiger partial charge in [0.05, 0.1) is 5.56 Å². The largest absolute Gasteiger partial charge is 0.367 e. The van der Waals surface area contributed by atoms with Crippen molar-refractivity contribution in [2.24, 2.45) is 11.5 Å². The molecule has 1 heterocycles. The maximum Gasteiger partial charge on any atom is 0.254 e. The van der Waals surface area contributed by atoms with Crippen LogP contribution in [-0.2, 0) is 0 Å². The van der Waals surface area contributed by atoms with Gasteiger partial charge >= 0.3 is 0 Å². The first-order valence-corrected chi connectivity index (χ1v) is 8.54. The first kappa shape index (κ1) is 17.2. The van der Waals surface area contributed by atoms with E-state index in [-0.39, 0.29) is 12.1 Å².